The second-order valence-electron chi connectivity index (χ2n) is 7.52. The number of carbonyl (C=O) groups excluding carboxylic acids is 3. The number of esters is 1. The SMILES string of the molecule is CCOC(=O)CNC(=O)N(CC(=O)Nc1cc(C(C)(C)C)nn1C)C(C)C. The maximum atomic E-state index is 12.4. The molecule has 0 saturated heterocycles. The molecule has 9 heteroatoms. The van der Waals surface area contributed by atoms with Crippen LogP contribution in [0.5, 0.6) is 0 Å². The zero-order valence-corrected chi connectivity index (χ0v) is 17.3. The van der Waals surface area contributed by atoms with Gasteiger partial charge < -0.3 is 20.3 Å². The maximum Gasteiger partial charge on any atom is 0.325 e. The molecule has 27 heavy (non-hydrogen) atoms. The lowest BCUT2D eigenvalue weighted by Gasteiger charge is -2.26. The lowest BCUT2D eigenvalue weighted by molar-refractivity contribution is -0.141. The summed E-state index contributed by atoms with van der Waals surface area (Å²) in [6.45, 7) is 11.2. The number of carbonyl (C=O) groups is 3. The van der Waals surface area contributed by atoms with Crippen LogP contribution < -0.4 is 10.6 Å². The second kappa shape index (κ2) is 9.38. The van der Waals surface area contributed by atoms with Gasteiger partial charge in [0.1, 0.15) is 18.9 Å². The van der Waals surface area contributed by atoms with Crippen LogP contribution in [-0.2, 0) is 26.8 Å². The summed E-state index contributed by atoms with van der Waals surface area (Å²) in [5.74, 6) is -0.317. The summed E-state index contributed by atoms with van der Waals surface area (Å²) < 4.78 is 6.37. The summed E-state index contributed by atoms with van der Waals surface area (Å²) in [4.78, 5) is 37.4. The predicted octanol–water partition coefficient (Wildman–Crippen LogP) is 1.64. The van der Waals surface area contributed by atoms with E-state index in [1.807, 2.05) is 26.8 Å². The third-order valence-electron chi connectivity index (χ3n) is 3.80. The molecule has 0 aliphatic rings. The third kappa shape index (κ3) is 6.92. The molecule has 1 aromatic heterocycles. The van der Waals surface area contributed by atoms with Gasteiger partial charge in [0.25, 0.3) is 0 Å². The largest absolute Gasteiger partial charge is 0.465 e. The molecule has 0 radical (unpaired) electrons. The highest BCUT2D eigenvalue weighted by molar-refractivity contribution is 5.94. The quantitative estimate of drug-likeness (QED) is 0.699. The number of anilines is 1. The minimum atomic E-state index is -0.524. The summed E-state index contributed by atoms with van der Waals surface area (Å²) in [6, 6.07) is 1.08. The highest BCUT2D eigenvalue weighted by atomic mass is 16.5. The molecule has 0 aliphatic heterocycles. The average Bonchev–Trinajstić information content (AvgIpc) is 2.91. The molecular weight excluding hydrogens is 350 g/mol. The van der Waals surface area contributed by atoms with E-state index in [1.54, 1.807) is 32.5 Å². The van der Waals surface area contributed by atoms with Crippen LogP contribution in [0.25, 0.3) is 0 Å². The summed E-state index contributed by atoms with van der Waals surface area (Å²) >= 11 is 0. The Balaban J connectivity index is 2.72. The Hall–Kier alpha value is -2.58. The Bertz CT molecular complexity index is 676. The Labute approximate surface area is 160 Å². The molecule has 0 fully saturated rings. The van der Waals surface area contributed by atoms with E-state index in [-0.39, 0.29) is 37.1 Å². The normalized spacial score (nSPS) is 11.3. The van der Waals surface area contributed by atoms with Gasteiger partial charge in [-0.25, -0.2) is 4.79 Å². The van der Waals surface area contributed by atoms with Gasteiger partial charge in [0.2, 0.25) is 5.91 Å². The number of urea groups is 1. The van der Waals surface area contributed by atoms with Crippen molar-refractivity contribution in [1.29, 1.82) is 0 Å². The maximum absolute atomic E-state index is 12.4. The van der Waals surface area contributed by atoms with Gasteiger partial charge in [-0.1, -0.05) is 20.8 Å². The van der Waals surface area contributed by atoms with Gasteiger partial charge in [0.15, 0.2) is 0 Å². The standard InChI is InChI=1S/C18H31N5O4/c1-8-27-16(25)10-19-17(26)23(12(2)3)11-15(24)20-14-9-13(18(4,5)6)21-22(14)7/h9,12H,8,10-11H2,1-7H3,(H,19,26)(H,20,24). The fourth-order valence-electron chi connectivity index (χ4n) is 2.24. The van der Waals surface area contributed by atoms with E-state index in [1.165, 1.54) is 4.90 Å². The van der Waals surface area contributed by atoms with Crippen molar-refractivity contribution < 1.29 is 19.1 Å². The first-order chi connectivity index (χ1) is 12.5. The summed E-state index contributed by atoms with van der Waals surface area (Å²) in [6.07, 6.45) is 0. The average molecular weight is 381 g/mol. The van der Waals surface area contributed by atoms with Gasteiger partial charge in [0, 0.05) is 24.6 Å². The lowest BCUT2D eigenvalue weighted by atomic mass is 9.92. The molecular formula is C18H31N5O4. The fourth-order valence-corrected chi connectivity index (χ4v) is 2.24. The Morgan fingerprint density at radius 2 is 1.93 bits per heavy atom. The molecule has 0 aliphatic carbocycles. The van der Waals surface area contributed by atoms with Crippen molar-refractivity contribution in [2.24, 2.45) is 7.05 Å². The minimum absolute atomic E-state index is 0.141. The number of amides is 3. The number of rotatable bonds is 7. The molecule has 1 aromatic rings. The van der Waals surface area contributed by atoms with Crippen LogP contribution in [0, 0.1) is 0 Å². The van der Waals surface area contributed by atoms with E-state index in [2.05, 4.69) is 15.7 Å². The second-order valence-corrected chi connectivity index (χ2v) is 7.52. The van der Waals surface area contributed by atoms with Gasteiger partial charge in [0.05, 0.1) is 12.3 Å². The van der Waals surface area contributed by atoms with Crippen molar-refractivity contribution in [1.82, 2.24) is 20.0 Å². The molecule has 0 saturated carbocycles. The smallest absolute Gasteiger partial charge is 0.325 e. The number of nitrogens with zero attached hydrogens (tertiary/aromatic N) is 3. The van der Waals surface area contributed by atoms with Crippen molar-refractivity contribution in [3.8, 4) is 0 Å². The molecule has 0 unspecified atom stereocenters. The zero-order valence-electron chi connectivity index (χ0n) is 17.3. The Morgan fingerprint density at radius 1 is 1.30 bits per heavy atom. The van der Waals surface area contributed by atoms with Gasteiger partial charge in [-0.2, -0.15) is 5.10 Å². The molecule has 0 bridgehead atoms. The van der Waals surface area contributed by atoms with Crippen LogP contribution in [0.2, 0.25) is 0 Å². The Kier molecular flexibility index (Phi) is 7.81. The van der Waals surface area contributed by atoms with E-state index < -0.39 is 12.0 Å². The van der Waals surface area contributed by atoms with Crippen molar-refractivity contribution in [2.45, 2.75) is 53.0 Å². The fraction of sp³-hybridized carbons (Fsp3) is 0.667. The first-order valence-electron chi connectivity index (χ1n) is 9.00. The van der Waals surface area contributed by atoms with Gasteiger partial charge in [-0.3, -0.25) is 14.3 Å². The van der Waals surface area contributed by atoms with Gasteiger partial charge in [-0.15, -0.1) is 0 Å². The van der Waals surface area contributed by atoms with E-state index in [0.29, 0.717) is 5.82 Å². The molecule has 9 nitrogen and oxygen atoms in total. The van der Waals surface area contributed by atoms with Crippen molar-refractivity contribution >= 4 is 23.7 Å². The molecule has 0 atom stereocenters. The van der Waals surface area contributed by atoms with E-state index >= 15 is 0 Å². The molecule has 1 rings (SSSR count). The molecule has 0 aromatic carbocycles. The number of nitrogens with one attached hydrogen (secondary N) is 2. The number of hydrogen-bond donors (Lipinski definition) is 2. The summed E-state index contributed by atoms with van der Waals surface area (Å²) in [7, 11) is 1.75. The monoisotopic (exact) mass is 381 g/mol. The molecule has 3 amide bonds. The van der Waals surface area contributed by atoms with Gasteiger partial charge in [-0.05, 0) is 20.8 Å². The molecule has 1 heterocycles. The van der Waals surface area contributed by atoms with Crippen LogP contribution in [-0.4, -0.2) is 58.3 Å². The van der Waals surface area contributed by atoms with Crippen LogP contribution in [0.4, 0.5) is 10.6 Å². The lowest BCUT2D eigenvalue weighted by Crippen LogP contribution is -2.48. The number of ether oxygens (including phenoxy) is 1. The van der Waals surface area contributed by atoms with Gasteiger partial charge >= 0.3 is 12.0 Å². The molecule has 152 valence electrons. The first kappa shape index (κ1) is 22.5. The van der Waals surface area contributed by atoms with Crippen LogP contribution in [0.3, 0.4) is 0 Å². The topological polar surface area (TPSA) is 106 Å². The molecule has 2 N–H and O–H groups in total. The Morgan fingerprint density at radius 3 is 2.41 bits per heavy atom. The number of aryl methyl sites for hydroxylation is 1. The van der Waals surface area contributed by atoms with E-state index in [9.17, 15) is 14.4 Å². The van der Waals surface area contributed by atoms with Crippen LogP contribution >= 0.6 is 0 Å². The minimum Gasteiger partial charge on any atom is -0.465 e. The highest BCUT2D eigenvalue weighted by Gasteiger charge is 2.23. The van der Waals surface area contributed by atoms with Crippen LogP contribution in [0.1, 0.15) is 47.2 Å². The van der Waals surface area contributed by atoms with E-state index in [0.717, 1.165) is 5.69 Å². The van der Waals surface area contributed by atoms with Crippen molar-refractivity contribution in [3.63, 3.8) is 0 Å². The first-order valence-corrected chi connectivity index (χ1v) is 9.00. The number of aromatic nitrogens is 2. The summed E-state index contributed by atoms with van der Waals surface area (Å²) in [5.41, 5.74) is 0.714. The predicted molar refractivity (Wildman–Crippen MR) is 102 cm³/mol. The van der Waals surface area contributed by atoms with E-state index in [4.69, 9.17) is 4.74 Å². The molecule has 0 spiro atoms. The van der Waals surface area contributed by atoms with Crippen molar-refractivity contribution in [2.75, 3.05) is 25.0 Å². The highest BCUT2D eigenvalue weighted by Crippen LogP contribution is 2.23. The number of hydrogen-bond acceptors (Lipinski definition) is 5. The third-order valence-corrected chi connectivity index (χ3v) is 3.80. The summed E-state index contributed by atoms with van der Waals surface area (Å²) in [5, 5.41) is 9.65. The van der Waals surface area contributed by atoms with Crippen LogP contribution in [0.15, 0.2) is 6.07 Å². The zero-order chi connectivity index (χ0) is 20.8. The van der Waals surface area contributed by atoms with Crippen molar-refractivity contribution in [3.05, 3.63) is 11.8 Å².